The summed E-state index contributed by atoms with van der Waals surface area (Å²) in [6, 6.07) is 11.3. The van der Waals surface area contributed by atoms with Gasteiger partial charge in [0.1, 0.15) is 5.84 Å². The molecule has 1 aliphatic heterocycles. The van der Waals surface area contributed by atoms with Crippen molar-refractivity contribution in [2.75, 3.05) is 0 Å². The number of amides is 1. The first kappa shape index (κ1) is 8.17. The first-order valence-electron chi connectivity index (χ1n) is 4.69. The minimum absolute atomic E-state index is 0.185. The van der Waals surface area contributed by atoms with Gasteiger partial charge in [0.05, 0.1) is 0 Å². The summed E-state index contributed by atoms with van der Waals surface area (Å²) in [6.07, 6.45) is 0. The Kier molecular flexibility index (Phi) is 1.45. The van der Waals surface area contributed by atoms with E-state index in [0.29, 0.717) is 5.56 Å². The summed E-state index contributed by atoms with van der Waals surface area (Å²) in [7, 11) is 0. The molecule has 0 saturated heterocycles. The Balaban J connectivity index is 2.56. The van der Waals surface area contributed by atoms with Gasteiger partial charge in [0.25, 0.3) is 5.91 Å². The van der Waals surface area contributed by atoms with Crippen molar-refractivity contribution < 1.29 is 4.79 Å². The molecule has 1 heterocycles. The van der Waals surface area contributed by atoms with Gasteiger partial charge in [0, 0.05) is 16.5 Å². The number of benzene rings is 2. The van der Waals surface area contributed by atoms with Gasteiger partial charge in [-0.1, -0.05) is 30.3 Å². The van der Waals surface area contributed by atoms with E-state index in [-0.39, 0.29) is 11.7 Å². The molecule has 0 saturated carbocycles. The molecule has 2 N–H and O–H groups in total. The van der Waals surface area contributed by atoms with Crippen LogP contribution in [-0.4, -0.2) is 11.7 Å². The molecule has 0 radical (unpaired) electrons. The summed E-state index contributed by atoms with van der Waals surface area (Å²) in [5.74, 6) is -0.00593. The highest BCUT2D eigenvalue weighted by molar-refractivity contribution is 6.26. The van der Waals surface area contributed by atoms with Crippen molar-refractivity contribution in [3.05, 3.63) is 47.5 Å². The molecule has 72 valence electrons. The van der Waals surface area contributed by atoms with Crippen LogP contribution in [0.15, 0.2) is 36.4 Å². The van der Waals surface area contributed by atoms with Crippen molar-refractivity contribution in [2.24, 2.45) is 0 Å². The highest BCUT2D eigenvalue weighted by Gasteiger charge is 2.21. The second-order valence-electron chi connectivity index (χ2n) is 3.54. The minimum Gasteiger partial charge on any atom is -0.307 e. The van der Waals surface area contributed by atoms with E-state index < -0.39 is 0 Å². The second kappa shape index (κ2) is 2.67. The van der Waals surface area contributed by atoms with E-state index >= 15 is 0 Å². The fraction of sp³-hybridized carbons (Fsp3) is 0. The van der Waals surface area contributed by atoms with Gasteiger partial charge in [-0.3, -0.25) is 10.2 Å². The zero-order valence-corrected chi connectivity index (χ0v) is 7.87. The van der Waals surface area contributed by atoms with Crippen molar-refractivity contribution in [1.82, 2.24) is 5.32 Å². The summed E-state index contributed by atoms with van der Waals surface area (Å²) in [5, 5.41) is 12.1. The van der Waals surface area contributed by atoms with E-state index in [1.165, 1.54) is 0 Å². The quantitative estimate of drug-likeness (QED) is 0.664. The van der Waals surface area contributed by atoms with Crippen LogP contribution in [0, 0.1) is 5.41 Å². The molecule has 0 bridgehead atoms. The molecule has 2 aromatic rings. The lowest BCUT2D eigenvalue weighted by atomic mass is 9.95. The lowest BCUT2D eigenvalue weighted by Crippen LogP contribution is -2.34. The van der Waals surface area contributed by atoms with Crippen LogP contribution in [0.25, 0.3) is 10.8 Å². The topological polar surface area (TPSA) is 53.0 Å². The number of hydrogen-bond acceptors (Lipinski definition) is 2. The van der Waals surface area contributed by atoms with Crippen molar-refractivity contribution >= 4 is 22.5 Å². The third kappa shape index (κ3) is 1.00. The van der Waals surface area contributed by atoms with Crippen LogP contribution in [-0.2, 0) is 0 Å². The van der Waals surface area contributed by atoms with E-state index in [9.17, 15) is 4.79 Å². The van der Waals surface area contributed by atoms with Crippen LogP contribution < -0.4 is 5.32 Å². The molecule has 2 aromatic carbocycles. The maximum absolute atomic E-state index is 11.6. The molecule has 0 fully saturated rings. The molecule has 0 atom stereocenters. The lowest BCUT2D eigenvalue weighted by molar-refractivity contribution is 0.0977. The molecular formula is C12H8N2O. The summed E-state index contributed by atoms with van der Waals surface area (Å²) in [6.45, 7) is 0. The summed E-state index contributed by atoms with van der Waals surface area (Å²) < 4.78 is 0. The molecule has 1 aliphatic rings. The number of carbonyl (C=O) groups is 1. The fourth-order valence-electron chi connectivity index (χ4n) is 1.99. The standard InChI is InChI=1S/C12H8N2O/c13-11-8-5-1-3-7-4-2-6-9(10(7)8)12(15)14-11/h1-6H,(H2,13,14,15). The SMILES string of the molecule is N=C1NC(=O)c2cccc3cccc1c23. The van der Waals surface area contributed by atoms with Crippen molar-refractivity contribution in [2.45, 2.75) is 0 Å². The molecule has 0 unspecified atom stereocenters. The largest absolute Gasteiger partial charge is 0.307 e. The van der Waals surface area contributed by atoms with E-state index in [1.807, 2.05) is 30.3 Å². The Hall–Kier alpha value is -2.16. The third-order valence-corrected chi connectivity index (χ3v) is 2.66. The molecule has 3 nitrogen and oxygen atoms in total. The molecule has 15 heavy (non-hydrogen) atoms. The Labute approximate surface area is 86.2 Å². The molecule has 0 spiro atoms. The third-order valence-electron chi connectivity index (χ3n) is 2.66. The first-order valence-corrected chi connectivity index (χ1v) is 4.69. The molecular weight excluding hydrogens is 188 g/mol. The number of amidine groups is 1. The fourth-order valence-corrected chi connectivity index (χ4v) is 1.99. The lowest BCUT2D eigenvalue weighted by Gasteiger charge is -2.17. The maximum atomic E-state index is 11.6. The zero-order chi connectivity index (χ0) is 10.4. The predicted molar refractivity (Wildman–Crippen MR) is 58.2 cm³/mol. The van der Waals surface area contributed by atoms with Crippen molar-refractivity contribution in [3.63, 3.8) is 0 Å². The predicted octanol–water partition coefficient (Wildman–Crippen LogP) is 1.91. The normalized spacial score (nSPS) is 14.1. The average molecular weight is 196 g/mol. The van der Waals surface area contributed by atoms with Gasteiger partial charge in [-0.05, 0) is 11.5 Å². The van der Waals surface area contributed by atoms with Gasteiger partial charge in [-0.25, -0.2) is 0 Å². The van der Waals surface area contributed by atoms with Gasteiger partial charge in [-0.15, -0.1) is 0 Å². The van der Waals surface area contributed by atoms with E-state index in [1.54, 1.807) is 6.07 Å². The first-order chi connectivity index (χ1) is 7.27. The Morgan fingerprint density at radius 3 is 2.40 bits per heavy atom. The van der Waals surface area contributed by atoms with Gasteiger partial charge in [-0.2, -0.15) is 0 Å². The number of carbonyl (C=O) groups excluding carboxylic acids is 1. The smallest absolute Gasteiger partial charge is 0.257 e. The summed E-state index contributed by atoms with van der Waals surface area (Å²) in [4.78, 5) is 11.6. The monoisotopic (exact) mass is 196 g/mol. The second-order valence-corrected chi connectivity index (χ2v) is 3.54. The van der Waals surface area contributed by atoms with Crippen molar-refractivity contribution in [3.8, 4) is 0 Å². The molecule has 3 heteroatoms. The molecule has 1 amide bonds. The Morgan fingerprint density at radius 1 is 1.00 bits per heavy atom. The highest BCUT2D eigenvalue weighted by Crippen LogP contribution is 2.25. The van der Waals surface area contributed by atoms with Gasteiger partial charge in [0.15, 0.2) is 0 Å². The number of hydrogen-bond donors (Lipinski definition) is 2. The van der Waals surface area contributed by atoms with Crippen molar-refractivity contribution in [1.29, 1.82) is 5.41 Å². The van der Waals surface area contributed by atoms with Crippen LogP contribution >= 0.6 is 0 Å². The minimum atomic E-state index is -0.190. The van der Waals surface area contributed by atoms with Crippen LogP contribution in [0.1, 0.15) is 15.9 Å². The molecule has 0 aromatic heterocycles. The summed E-state index contributed by atoms with van der Waals surface area (Å²) in [5.41, 5.74) is 1.45. The Morgan fingerprint density at radius 2 is 1.67 bits per heavy atom. The van der Waals surface area contributed by atoms with Gasteiger partial charge < -0.3 is 5.32 Å². The van der Waals surface area contributed by atoms with E-state index in [0.717, 1.165) is 16.3 Å². The van der Waals surface area contributed by atoms with E-state index in [4.69, 9.17) is 5.41 Å². The maximum Gasteiger partial charge on any atom is 0.257 e. The zero-order valence-electron chi connectivity index (χ0n) is 7.87. The van der Waals surface area contributed by atoms with Crippen LogP contribution in [0.4, 0.5) is 0 Å². The molecule has 3 rings (SSSR count). The van der Waals surface area contributed by atoms with E-state index in [2.05, 4.69) is 5.32 Å². The van der Waals surface area contributed by atoms with Gasteiger partial charge in [0.2, 0.25) is 0 Å². The van der Waals surface area contributed by atoms with Crippen LogP contribution in [0.5, 0.6) is 0 Å². The molecule has 0 aliphatic carbocycles. The summed E-state index contributed by atoms with van der Waals surface area (Å²) >= 11 is 0. The number of nitrogens with one attached hydrogen (secondary N) is 2. The van der Waals surface area contributed by atoms with Crippen LogP contribution in [0.2, 0.25) is 0 Å². The Bertz CT molecular complexity index is 553. The highest BCUT2D eigenvalue weighted by atomic mass is 16.1. The average Bonchev–Trinajstić information content (AvgIpc) is 2.25. The van der Waals surface area contributed by atoms with Crippen LogP contribution in [0.3, 0.4) is 0 Å². The number of rotatable bonds is 0. The van der Waals surface area contributed by atoms with Gasteiger partial charge >= 0.3 is 0 Å².